The number of benzene rings is 1. The van der Waals surface area contributed by atoms with Gasteiger partial charge in [0, 0.05) is 48.7 Å². The van der Waals surface area contributed by atoms with E-state index in [1.807, 2.05) is 0 Å². The lowest BCUT2D eigenvalue weighted by molar-refractivity contribution is -0.137. The number of nitrogens with one attached hydrogen (secondary N) is 1. The summed E-state index contributed by atoms with van der Waals surface area (Å²) in [6, 6.07) is 2.54. The Morgan fingerprint density at radius 1 is 1.31 bits per heavy atom. The summed E-state index contributed by atoms with van der Waals surface area (Å²) in [4.78, 5) is 18.8. The van der Waals surface area contributed by atoms with Gasteiger partial charge in [-0.15, -0.1) is 11.8 Å². The zero-order chi connectivity index (χ0) is 18.5. The van der Waals surface area contributed by atoms with E-state index in [4.69, 9.17) is 0 Å². The molecule has 140 valence electrons. The predicted octanol–water partition coefficient (Wildman–Crippen LogP) is 2.53. The smallest absolute Gasteiger partial charge is 0.314 e. The number of halogens is 3. The standard InChI is InChI=1S/C17H19F3N4OS/c1-10-8-21-3-5-23(10)14-2-4-24-15-11(9-22-16(24)25)6-12(17(18,19)20)7-13(15)26-14/h6-7,9-10,14,21H,2-5,8H2,1H3/t10-,14?/m0/s1. The summed E-state index contributed by atoms with van der Waals surface area (Å²) in [5.41, 5.74) is -0.546. The van der Waals surface area contributed by atoms with Crippen LogP contribution in [0.4, 0.5) is 13.2 Å². The second-order valence-corrected chi connectivity index (χ2v) is 7.97. The zero-order valence-corrected chi connectivity index (χ0v) is 15.0. The number of thioether (sulfide) groups is 1. The summed E-state index contributed by atoms with van der Waals surface area (Å²) in [5, 5.41) is 3.71. The van der Waals surface area contributed by atoms with Crippen LogP contribution in [0.25, 0.3) is 10.9 Å². The van der Waals surface area contributed by atoms with Gasteiger partial charge < -0.3 is 5.32 Å². The van der Waals surface area contributed by atoms with Gasteiger partial charge in [-0.25, -0.2) is 9.78 Å². The number of rotatable bonds is 1. The molecule has 26 heavy (non-hydrogen) atoms. The predicted molar refractivity (Wildman–Crippen MR) is 94.3 cm³/mol. The fourth-order valence-electron chi connectivity index (χ4n) is 3.73. The van der Waals surface area contributed by atoms with E-state index in [-0.39, 0.29) is 5.37 Å². The van der Waals surface area contributed by atoms with Gasteiger partial charge in [0.05, 0.1) is 16.5 Å². The highest BCUT2D eigenvalue weighted by Gasteiger charge is 2.34. The van der Waals surface area contributed by atoms with Gasteiger partial charge in [0.25, 0.3) is 0 Å². The molecule has 0 bridgehead atoms. The van der Waals surface area contributed by atoms with Crippen LogP contribution < -0.4 is 11.0 Å². The Hall–Kier alpha value is -1.58. The SMILES string of the molecule is C[C@H]1CNCCN1C1CCn2c(=O)ncc3cc(C(F)(F)F)cc(c32)S1. The average molecular weight is 384 g/mol. The fraction of sp³-hybridized carbons (Fsp3) is 0.529. The number of nitrogens with zero attached hydrogens (tertiary/aromatic N) is 3. The monoisotopic (exact) mass is 384 g/mol. The Morgan fingerprint density at radius 2 is 2.12 bits per heavy atom. The molecule has 0 amide bonds. The summed E-state index contributed by atoms with van der Waals surface area (Å²) in [6.45, 7) is 5.11. The molecule has 1 N–H and O–H groups in total. The van der Waals surface area contributed by atoms with Crippen molar-refractivity contribution in [3.63, 3.8) is 0 Å². The quantitative estimate of drug-likeness (QED) is 0.819. The first-order valence-electron chi connectivity index (χ1n) is 8.58. The third-order valence-electron chi connectivity index (χ3n) is 5.03. The number of piperazine rings is 1. The molecule has 0 spiro atoms. The summed E-state index contributed by atoms with van der Waals surface area (Å²) < 4.78 is 41.5. The number of hydrogen-bond donors (Lipinski definition) is 1. The zero-order valence-electron chi connectivity index (χ0n) is 14.2. The molecule has 0 aliphatic carbocycles. The van der Waals surface area contributed by atoms with Crippen molar-refractivity contribution in [1.29, 1.82) is 0 Å². The van der Waals surface area contributed by atoms with Crippen LogP contribution >= 0.6 is 11.8 Å². The Bertz CT molecular complexity index is 898. The lowest BCUT2D eigenvalue weighted by atomic mass is 10.1. The molecule has 9 heteroatoms. The highest BCUT2D eigenvalue weighted by molar-refractivity contribution is 8.00. The molecule has 2 aliphatic rings. The van der Waals surface area contributed by atoms with Gasteiger partial charge in [0.15, 0.2) is 0 Å². The summed E-state index contributed by atoms with van der Waals surface area (Å²) in [7, 11) is 0. The molecular formula is C17H19F3N4OS. The van der Waals surface area contributed by atoms with E-state index in [1.54, 1.807) is 0 Å². The van der Waals surface area contributed by atoms with Crippen molar-refractivity contribution >= 4 is 22.7 Å². The molecule has 0 saturated carbocycles. The third kappa shape index (κ3) is 3.12. The Morgan fingerprint density at radius 3 is 2.85 bits per heavy atom. The topological polar surface area (TPSA) is 50.2 Å². The molecule has 2 atom stereocenters. The first-order valence-corrected chi connectivity index (χ1v) is 9.46. The molecule has 2 aliphatic heterocycles. The van der Waals surface area contributed by atoms with Crippen LogP contribution in [-0.4, -0.2) is 45.5 Å². The van der Waals surface area contributed by atoms with Gasteiger partial charge in [-0.2, -0.15) is 13.2 Å². The molecular weight excluding hydrogens is 365 g/mol. The van der Waals surface area contributed by atoms with Gasteiger partial charge in [0.1, 0.15) is 0 Å². The van der Waals surface area contributed by atoms with Crippen molar-refractivity contribution in [2.24, 2.45) is 0 Å². The highest BCUT2D eigenvalue weighted by atomic mass is 32.2. The molecule has 0 radical (unpaired) electrons. The van der Waals surface area contributed by atoms with E-state index >= 15 is 0 Å². The van der Waals surface area contributed by atoms with E-state index in [1.165, 1.54) is 28.6 Å². The molecule has 4 rings (SSSR count). The largest absolute Gasteiger partial charge is 0.416 e. The van der Waals surface area contributed by atoms with Crippen LogP contribution in [0.5, 0.6) is 0 Å². The van der Waals surface area contributed by atoms with E-state index in [0.717, 1.165) is 25.7 Å². The number of aromatic nitrogens is 2. The van der Waals surface area contributed by atoms with Gasteiger partial charge in [-0.3, -0.25) is 9.47 Å². The lowest BCUT2D eigenvalue weighted by Crippen LogP contribution is -2.53. The summed E-state index contributed by atoms with van der Waals surface area (Å²) in [5.74, 6) is 0. The van der Waals surface area contributed by atoms with Gasteiger partial charge in [0.2, 0.25) is 0 Å². The number of aryl methyl sites for hydroxylation is 1. The maximum Gasteiger partial charge on any atom is 0.416 e. The van der Waals surface area contributed by atoms with Crippen LogP contribution in [0.15, 0.2) is 28.0 Å². The molecule has 1 aromatic heterocycles. The van der Waals surface area contributed by atoms with E-state index in [2.05, 4.69) is 22.1 Å². The maximum atomic E-state index is 13.3. The Balaban J connectivity index is 1.83. The fourth-order valence-corrected chi connectivity index (χ4v) is 5.23. The van der Waals surface area contributed by atoms with Crippen molar-refractivity contribution in [2.45, 2.75) is 42.4 Å². The minimum atomic E-state index is -4.43. The number of alkyl halides is 3. The van der Waals surface area contributed by atoms with E-state index < -0.39 is 17.4 Å². The van der Waals surface area contributed by atoms with Crippen LogP contribution in [0.3, 0.4) is 0 Å². The van der Waals surface area contributed by atoms with Crippen LogP contribution in [-0.2, 0) is 12.7 Å². The first kappa shape index (κ1) is 17.8. The molecule has 2 aromatic rings. The molecule has 1 aromatic carbocycles. The van der Waals surface area contributed by atoms with Crippen LogP contribution in [0.2, 0.25) is 0 Å². The van der Waals surface area contributed by atoms with E-state index in [0.29, 0.717) is 34.8 Å². The Kier molecular flexibility index (Phi) is 4.48. The summed E-state index contributed by atoms with van der Waals surface area (Å²) >= 11 is 1.43. The Labute approximate surface area is 152 Å². The van der Waals surface area contributed by atoms with Crippen LogP contribution in [0.1, 0.15) is 18.9 Å². The van der Waals surface area contributed by atoms with Crippen LogP contribution in [0, 0.1) is 0 Å². The van der Waals surface area contributed by atoms with E-state index in [9.17, 15) is 18.0 Å². The molecule has 1 unspecified atom stereocenters. The normalized spacial score (nSPS) is 24.6. The van der Waals surface area contributed by atoms with Crippen molar-refractivity contribution in [2.75, 3.05) is 19.6 Å². The number of hydrogen-bond acceptors (Lipinski definition) is 5. The van der Waals surface area contributed by atoms with Gasteiger partial charge in [-0.05, 0) is 25.5 Å². The molecule has 1 fully saturated rings. The highest BCUT2D eigenvalue weighted by Crippen LogP contribution is 2.41. The second-order valence-electron chi connectivity index (χ2n) is 6.75. The second kappa shape index (κ2) is 6.54. The lowest BCUT2D eigenvalue weighted by Gasteiger charge is -2.39. The minimum absolute atomic E-state index is 0.0260. The maximum absolute atomic E-state index is 13.3. The third-order valence-corrected chi connectivity index (χ3v) is 6.38. The van der Waals surface area contributed by atoms with Gasteiger partial charge >= 0.3 is 11.9 Å². The molecule has 5 nitrogen and oxygen atoms in total. The first-order chi connectivity index (χ1) is 12.3. The average Bonchev–Trinajstić information content (AvgIpc) is 2.78. The van der Waals surface area contributed by atoms with Crippen molar-refractivity contribution < 1.29 is 13.2 Å². The van der Waals surface area contributed by atoms with Crippen molar-refractivity contribution in [1.82, 2.24) is 19.8 Å². The minimum Gasteiger partial charge on any atom is -0.314 e. The summed E-state index contributed by atoms with van der Waals surface area (Å²) in [6.07, 6.45) is -2.50. The van der Waals surface area contributed by atoms with Crippen molar-refractivity contribution in [3.8, 4) is 0 Å². The molecule has 3 heterocycles. The van der Waals surface area contributed by atoms with Crippen molar-refractivity contribution in [3.05, 3.63) is 34.4 Å². The molecule has 1 saturated heterocycles. The van der Waals surface area contributed by atoms with Gasteiger partial charge in [-0.1, -0.05) is 0 Å².